The highest BCUT2D eigenvalue weighted by Crippen LogP contribution is 2.28. The fraction of sp³-hybridized carbons (Fsp3) is 0.417. The van der Waals surface area contributed by atoms with E-state index in [1.54, 1.807) is 39.4 Å². The third-order valence-corrected chi connectivity index (χ3v) is 2.12. The first-order valence-electron chi connectivity index (χ1n) is 5.12. The Hall–Kier alpha value is -1.71. The van der Waals surface area contributed by atoms with E-state index in [-0.39, 0.29) is 5.91 Å². The lowest BCUT2D eigenvalue weighted by Gasteiger charge is -2.13. The first-order chi connectivity index (χ1) is 7.60. The fourth-order valence-electron chi connectivity index (χ4n) is 1.33. The Bertz CT molecular complexity index is 375. The van der Waals surface area contributed by atoms with E-state index in [0.717, 1.165) is 0 Å². The second-order valence-electron chi connectivity index (χ2n) is 3.50. The first-order valence-corrected chi connectivity index (χ1v) is 5.12. The highest BCUT2D eigenvalue weighted by atomic mass is 16.5. The Morgan fingerprint density at radius 3 is 2.50 bits per heavy atom. The Balaban J connectivity index is 3.03. The number of amides is 1. The molecule has 0 atom stereocenters. The molecule has 0 aliphatic rings. The van der Waals surface area contributed by atoms with Crippen molar-refractivity contribution in [3.8, 4) is 11.5 Å². The topological polar surface area (TPSA) is 38.8 Å². The SMILES string of the molecule is CCOc1ccc(C(=O)N(C)C)cc1OC. The Morgan fingerprint density at radius 2 is 2.00 bits per heavy atom. The molecule has 0 spiro atoms. The number of carbonyl (C=O) groups excluding carboxylic acids is 1. The monoisotopic (exact) mass is 223 g/mol. The van der Waals surface area contributed by atoms with E-state index in [1.165, 1.54) is 4.90 Å². The summed E-state index contributed by atoms with van der Waals surface area (Å²) >= 11 is 0. The summed E-state index contributed by atoms with van der Waals surface area (Å²) in [7, 11) is 4.98. The fourth-order valence-corrected chi connectivity index (χ4v) is 1.33. The third kappa shape index (κ3) is 2.66. The highest BCUT2D eigenvalue weighted by molar-refractivity contribution is 5.94. The molecule has 0 heterocycles. The lowest BCUT2D eigenvalue weighted by Crippen LogP contribution is -2.21. The summed E-state index contributed by atoms with van der Waals surface area (Å²) < 4.78 is 10.5. The van der Waals surface area contributed by atoms with E-state index in [4.69, 9.17) is 9.47 Å². The van der Waals surface area contributed by atoms with Crippen LogP contribution in [0.3, 0.4) is 0 Å². The van der Waals surface area contributed by atoms with Gasteiger partial charge in [-0.15, -0.1) is 0 Å². The minimum atomic E-state index is -0.0543. The van der Waals surface area contributed by atoms with Gasteiger partial charge in [0, 0.05) is 19.7 Å². The van der Waals surface area contributed by atoms with Gasteiger partial charge in [-0.1, -0.05) is 0 Å². The molecule has 0 saturated heterocycles. The number of methoxy groups -OCH3 is 1. The van der Waals surface area contributed by atoms with E-state index >= 15 is 0 Å². The molecule has 88 valence electrons. The van der Waals surface area contributed by atoms with Crippen molar-refractivity contribution in [3.05, 3.63) is 23.8 Å². The normalized spacial score (nSPS) is 9.75. The van der Waals surface area contributed by atoms with Crippen molar-refractivity contribution in [1.82, 2.24) is 4.90 Å². The van der Waals surface area contributed by atoms with Gasteiger partial charge in [-0.25, -0.2) is 0 Å². The molecule has 1 amide bonds. The molecule has 0 saturated carbocycles. The zero-order valence-electron chi connectivity index (χ0n) is 10.1. The molecule has 16 heavy (non-hydrogen) atoms. The zero-order chi connectivity index (χ0) is 12.1. The Morgan fingerprint density at radius 1 is 1.31 bits per heavy atom. The van der Waals surface area contributed by atoms with Gasteiger partial charge >= 0.3 is 0 Å². The van der Waals surface area contributed by atoms with Gasteiger partial charge in [0.15, 0.2) is 11.5 Å². The summed E-state index contributed by atoms with van der Waals surface area (Å²) in [4.78, 5) is 13.2. The Labute approximate surface area is 95.8 Å². The number of nitrogens with zero attached hydrogens (tertiary/aromatic N) is 1. The standard InChI is InChI=1S/C12H17NO3/c1-5-16-10-7-6-9(8-11(10)15-4)12(14)13(2)3/h6-8H,5H2,1-4H3. The van der Waals surface area contributed by atoms with Gasteiger partial charge in [-0.3, -0.25) is 4.79 Å². The van der Waals surface area contributed by atoms with Gasteiger partial charge in [0.1, 0.15) is 0 Å². The average Bonchev–Trinajstić information content (AvgIpc) is 2.29. The van der Waals surface area contributed by atoms with Crippen LogP contribution in [-0.4, -0.2) is 38.6 Å². The predicted octanol–water partition coefficient (Wildman–Crippen LogP) is 1.80. The Kier molecular flexibility index (Phi) is 4.17. The molecule has 0 bridgehead atoms. The van der Waals surface area contributed by atoms with Gasteiger partial charge in [0.05, 0.1) is 13.7 Å². The van der Waals surface area contributed by atoms with Crippen molar-refractivity contribution < 1.29 is 14.3 Å². The number of ether oxygens (including phenoxy) is 2. The van der Waals surface area contributed by atoms with Gasteiger partial charge in [0.2, 0.25) is 0 Å². The van der Waals surface area contributed by atoms with Crippen molar-refractivity contribution in [2.75, 3.05) is 27.8 Å². The molecular weight excluding hydrogens is 206 g/mol. The largest absolute Gasteiger partial charge is 0.493 e. The lowest BCUT2D eigenvalue weighted by molar-refractivity contribution is 0.0827. The van der Waals surface area contributed by atoms with Crippen LogP contribution in [-0.2, 0) is 0 Å². The third-order valence-electron chi connectivity index (χ3n) is 2.12. The molecule has 0 aliphatic heterocycles. The van der Waals surface area contributed by atoms with Crippen LogP contribution in [0.1, 0.15) is 17.3 Å². The molecule has 1 rings (SSSR count). The number of carbonyl (C=O) groups is 1. The molecule has 4 heteroatoms. The maximum absolute atomic E-state index is 11.7. The summed E-state index contributed by atoms with van der Waals surface area (Å²) in [6, 6.07) is 5.17. The minimum absolute atomic E-state index is 0.0543. The van der Waals surface area contributed by atoms with E-state index in [0.29, 0.717) is 23.7 Å². The molecule has 1 aromatic carbocycles. The first kappa shape index (κ1) is 12.4. The van der Waals surface area contributed by atoms with Gasteiger partial charge in [0.25, 0.3) is 5.91 Å². The van der Waals surface area contributed by atoms with Crippen LogP contribution in [0.4, 0.5) is 0 Å². The average molecular weight is 223 g/mol. The van der Waals surface area contributed by atoms with Crippen LogP contribution < -0.4 is 9.47 Å². The summed E-state index contributed by atoms with van der Waals surface area (Å²) in [5, 5.41) is 0. The second-order valence-corrected chi connectivity index (χ2v) is 3.50. The molecule has 0 fully saturated rings. The van der Waals surface area contributed by atoms with Crippen LogP contribution in [0.25, 0.3) is 0 Å². The maximum atomic E-state index is 11.7. The molecule has 0 unspecified atom stereocenters. The molecule has 0 aromatic heterocycles. The van der Waals surface area contributed by atoms with Crippen molar-refractivity contribution in [2.45, 2.75) is 6.92 Å². The molecule has 0 radical (unpaired) electrons. The van der Waals surface area contributed by atoms with E-state index in [1.807, 2.05) is 6.92 Å². The smallest absolute Gasteiger partial charge is 0.253 e. The van der Waals surface area contributed by atoms with Crippen LogP contribution in [0, 0.1) is 0 Å². The van der Waals surface area contributed by atoms with E-state index in [9.17, 15) is 4.79 Å². The molecular formula is C12H17NO3. The van der Waals surface area contributed by atoms with Gasteiger partial charge in [-0.05, 0) is 25.1 Å². The molecule has 1 aromatic rings. The summed E-state index contributed by atoms with van der Waals surface area (Å²) in [6.07, 6.45) is 0. The van der Waals surface area contributed by atoms with Crippen LogP contribution in [0.5, 0.6) is 11.5 Å². The molecule has 0 N–H and O–H groups in total. The molecule has 0 aliphatic carbocycles. The van der Waals surface area contributed by atoms with Crippen molar-refractivity contribution >= 4 is 5.91 Å². The van der Waals surface area contributed by atoms with Crippen LogP contribution in [0.2, 0.25) is 0 Å². The number of hydrogen-bond donors (Lipinski definition) is 0. The van der Waals surface area contributed by atoms with E-state index in [2.05, 4.69) is 0 Å². The number of benzene rings is 1. The van der Waals surface area contributed by atoms with Crippen molar-refractivity contribution in [1.29, 1.82) is 0 Å². The van der Waals surface area contributed by atoms with Gasteiger partial charge < -0.3 is 14.4 Å². The minimum Gasteiger partial charge on any atom is -0.493 e. The maximum Gasteiger partial charge on any atom is 0.253 e. The van der Waals surface area contributed by atoms with Crippen LogP contribution in [0.15, 0.2) is 18.2 Å². The second kappa shape index (κ2) is 5.39. The quantitative estimate of drug-likeness (QED) is 0.781. The lowest BCUT2D eigenvalue weighted by atomic mass is 10.2. The zero-order valence-corrected chi connectivity index (χ0v) is 10.1. The highest BCUT2D eigenvalue weighted by Gasteiger charge is 2.12. The predicted molar refractivity (Wildman–Crippen MR) is 62.2 cm³/mol. The molecule has 4 nitrogen and oxygen atoms in total. The van der Waals surface area contributed by atoms with Gasteiger partial charge in [-0.2, -0.15) is 0 Å². The number of hydrogen-bond acceptors (Lipinski definition) is 3. The van der Waals surface area contributed by atoms with Crippen molar-refractivity contribution in [3.63, 3.8) is 0 Å². The summed E-state index contributed by atoms with van der Waals surface area (Å²) in [6.45, 7) is 2.47. The summed E-state index contributed by atoms with van der Waals surface area (Å²) in [5.74, 6) is 1.18. The van der Waals surface area contributed by atoms with Crippen LogP contribution >= 0.6 is 0 Å². The van der Waals surface area contributed by atoms with Crippen molar-refractivity contribution in [2.24, 2.45) is 0 Å². The van der Waals surface area contributed by atoms with E-state index < -0.39 is 0 Å². The summed E-state index contributed by atoms with van der Waals surface area (Å²) in [5.41, 5.74) is 0.588. The number of rotatable bonds is 4.